The van der Waals surface area contributed by atoms with Crippen molar-refractivity contribution in [2.24, 2.45) is 0 Å². The molecule has 0 aliphatic carbocycles. The minimum absolute atomic E-state index is 0.0148. The van der Waals surface area contributed by atoms with Crippen molar-refractivity contribution >= 4 is 50.7 Å². The van der Waals surface area contributed by atoms with E-state index in [-0.39, 0.29) is 18.7 Å². The number of amides is 1. The van der Waals surface area contributed by atoms with Crippen LogP contribution in [0.4, 0.5) is 0 Å². The minimum atomic E-state index is -0.431. The molecule has 1 aromatic heterocycles. The first kappa shape index (κ1) is 17.5. The zero-order chi connectivity index (χ0) is 17.1. The first-order valence-electron chi connectivity index (χ1n) is 7.51. The molecule has 1 aliphatic heterocycles. The molecule has 0 fully saturated rings. The summed E-state index contributed by atoms with van der Waals surface area (Å²) >= 11 is 10.9. The lowest BCUT2D eigenvalue weighted by atomic mass is 10.1. The van der Waals surface area contributed by atoms with Crippen molar-refractivity contribution < 1.29 is 14.3 Å². The average Bonchev–Trinajstić information content (AvgIpc) is 3.03. The second kappa shape index (κ2) is 7.68. The van der Waals surface area contributed by atoms with Crippen LogP contribution in [-0.2, 0) is 22.6 Å². The normalized spacial score (nSPS) is 13.5. The third-order valence-electron chi connectivity index (χ3n) is 3.82. The van der Waals surface area contributed by atoms with E-state index in [1.807, 2.05) is 0 Å². The van der Waals surface area contributed by atoms with E-state index < -0.39 is 5.97 Å². The Kier molecular flexibility index (Phi) is 5.58. The quantitative estimate of drug-likeness (QED) is 0.534. The molecule has 24 heavy (non-hydrogen) atoms. The Hall–Kier alpha value is -1.37. The van der Waals surface area contributed by atoms with Gasteiger partial charge in [0.1, 0.15) is 5.75 Å². The molecule has 0 saturated heterocycles. The monoisotopic (exact) mass is 427 g/mol. The number of esters is 1. The fraction of sp³-hybridized carbons (Fsp3) is 0.294. The maximum Gasteiger partial charge on any atom is 0.311 e. The van der Waals surface area contributed by atoms with Crippen molar-refractivity contribution in [3.8, 4) is 5.75 Å². The molecule has 3 rings (SSSR count). The zero-order valence-electron chi connectivity index (χ0n) is 12.8. The maximum atomic E-state index is 12.3. The van der Waals surface area contributed by atoms with Crippen LogP contribution in [0.15, 0.2) is 34.1 Å². The number of halogens is 2. The van der Waals surface area contributed by atoms with Crippen molar-refractivity contribution in [2.75, 3.05) is 6.54 Å². The van der Waals surface area contributed by atoms with E-state index in [0.717, 1.165) is 6.42 Å². The molecule has 2 heterocycles. The highest BCUT2D eigenvalue weighted by Gasteiger charge is 2.22. The highest BCUT2D eigenvalue weighted by Crippen LogP contribution is 2.28. The third kappa shape index (κ3) is 4.18. The molecule has 0 spiro atoms. The fourth-order valence-corrected chi connectivity index (χ4v) is 4.21. The van der Waals surface area contributed by atoms with Gasteiger partial charge in [-0.25, -0.2) is 0 Å². The zero-order valence-corrected chi connectivity index (χ0v) is 15.9. The van der Waals surface area contributed by atoms with E-state index >= 15 is 0 Å². The Morgan fingerprint density at radius 1 is 1.29 bits per heavy atom. The molecule has 1 aromatic carbocycles. The number of ether oxygens (including phenoxy) is 1. The van der Waals surface area contributed by atoms with Crippen LogP contribution < -0.4 is 4.74 Å². The third-order valence-corrected chi connectivity index (χ3v) is 5.70. The van der Waals surface area contributed by atoms with Gasteiger partial charge in [-0.05, 0) is 57.6 Å². The van der Waals surface area contributed by atoms with Gasteiger partial charge in [-0.3, -0.25) is 9.59 Å². The molecule has 0 unspecified atom stereocenters. The molecule has 0 radical (unpaired) electrons. The number of fused-ring (bicyclic) bond motifs is 1. The summed E-state index contributed by atoms with van der Waals surface area (Å²) in [5.41, 5.74) is 1.22. The molecule has 0 atom stereocenters. The molecule has 4 nitrogen and oxygen atoms in total. The van der Waals surface area contributed by atoms with Gasteiger partial charge in [-0.15, -0.1) is 11.3 Å². The summed E-state index contributed by atoms with van der Waals surface area (Å²) in [5, 5.41) is 2.61. The molecule has 0 N–H and O–H groups in total. The summed E-state index contributed by atoms with van der Waals surface area (Å²) in [4.78, 5) is 27.4. The number of carbonyl (C=O) groups is 2. The van der Waals surface area contributed by atoms with Crippen molar-refractivity contribution in [1.82, 2.24) is 4.90 Å². The highest BCUT2D eigenvalue weighted by molar-refractivity contribution is 9.10. The number of thiophene rings is 1. The molecular weight excluding hydrogens is 414 g/mol. The summed E-state index contributed by atoms with van der Waals surface area (Å²) in [6.07, 6.45) is 1.10. The lowest BCUT2D eigenvalue weighted by Crippen LogP contribution is -2.35. The van der Waals surface area contributed by atoms with Gasteiger partial charge >= 0.3 is 5.97 Å². The van der Waals surface area contributed by atoms with Gasteiger partial charge < -0.3 is 9.64 Å². The Balaban J connectivity index is 1.50. The number of benzene rings is 1. The molecule has 1 amide bonds. The van der Waals surface area contributed by atoms with Crippen molar-refractivity contribution in [3.05, 3.63) is 49.6 Å². The molecule has 0 bridgehead atoms. The van der Waals surface area contributed by atoms with Crippen molar-refractivity contribution in [1.29, 1.82) is 0 Å². The van der Waals surface area contributed by atoms with Crippen LogP contribution in [0.5, 0.6) is 5.75 Å². The van der Waals surface area contributed by atoms with Gasteiger partial charge in [0, 0.05) is 29.4 Å². The Labute approximate surface area is 157 Å². The second-order valence-corrected chi connectivity index (χ2v) is 7.77. The van der Waals surface area contributed by atoms with Gasteiger partial charge in [-0.1, -0.05) is 11.6 Å². The van der Waals surface area contributed by atoms with E-state index in [1.54, 1.807) is 34.4 Å². The average molecular weight is 429 g/mol. The predicted molar refractivity (Wildman–Crippen MR) is 97.5 cm³/mol. The summed E-state index contributed by atoms with van der Waals surface area (Å²) in [7, 11) is 0. The van der Waals surface area contributed by atoms with Crippen LogP contribution in [-0.4, -0.2) is 23.3 Å². The van der Waals surface area contributed by atoms with Gasteiger partial charge in [0.25, 0.3) is 0 Å². The lowest BCUT2D eigenvalue weighted by Gasteiger charge is -2.27. The summed E-state index contributed by atoms with van der Waals surface area (Å²) in [6.45, 7) is 1.35. The Morgan fingerprint density at radius 3 is 2.92 bits per heavy atom. The molecule has 126 valence electrons. The van der Waals surface area contributed by atoms with Gasteiger partial charge in [0.05, 0.1) is 10.9 Å². The van der Waals surface area contributed by atoms with Crippen molar-refractivity contribution in [3.63, 3.8) is 0 Å². The number of nitrogens with zero attached hydrogens (tertiary/aromatic N) is 1. The Bertz CT molecular complexity index is 777. The standard InChI is InChI=1S/C17H15BrClNO3S/c18-13-9-12(19)1-2-14(13)23-17(22)4-3-16(21)20-7-5-15-11(10-20)6-8-24-15/h1-2,6,8-9H,3-5,7,10H2. The molecular formula is C17H15BrClNO3S. The molecule has 0 saturated carbocycles. The highest BCUT2D eigenvalue weighted by atomic mass is 79.9. The van der Waals surface area contributed by atoms with Gasteiger partial charge in [0.15, 0.2) is 0 Å². The van der Waals surface area contributed by atoms with Crippen LogP contribution in [0.2, 0.25) is 5.02 Å². The van der Waals surface area contributed by atoms with Gasteiger partial charge in [-0.2, -0.15) is 0 Å². The fourth-order valence-electron chi connectivity index (χ4n) is 2.56. The Morgan fingerprint density at radius 2 is 2.12 bits per heavy atom. The number of hydrogen-bond donors (Lipinski definition) is 0. The van der Waals surface area contributed by atoms with Crippen LogP contribution in [0, 0.1) is 0 Å². The molecule has 7 heteroatoms. The van der Waals surface area contributed by atoms with E-state index in [0.29, 0.717) is 28.3 Å². The van der Waals surface area contributed by atoms with Crippen LogP contribution >= 0.6 is 38.9 Å². The predicted octanol–water partition coefficient (Wildman–Crippen LogP) is 4.43. The lowest BCUT2D eigenvalue weighted by molar-refractivity contribution is -0.139. The van der Waals surface area contributed by atoms with E-state index in [1.165, 1.54) is 10.4 Å². The van der Waals surface area contributed by atoms with Crippen LogP contribution in [0.1, 0.15) is 23.3 Å². The number of rotatable bonds is 4. The maximum absolute atomic E-state index is 12.3. The van der Waals surface area contributed by atoms with Crippen molar-refractivity contribution in [2.45, 2.75) is 25.8 Å². The topological polar surface area (TPSA) is 46.6 Å². The second-order valence-electron chi connectivity index (χ2n) is 5.48. The SMILES string of the molecule is O=C(CCC(=O)N1CCc2sccc2C1)Oc1ccc(Cl)cc1Br. The molecule has 2 aromatic rings. The largest absolute Gasteiger partial charge is 0.425 e. The number of hydrogen-bond acceptors (Lipinski definition) is 4. The van der Waals surface area contributed by atoms with Crippen LogP contribution in [0.25, 0.3) is 0 Å². The smallest absolute Gasteiger partial charge is 0.311 e. The van der Waals surface area contributed by atoms with Gasteiger partial charge in [0.2, 0.25) is 5.91 Å². The first-order valence-corrected chi connectivity index (χ1v) is 9.57. The van der Waals surface area contributed by atoms with E-state index in [9.17, 15) is 9.59 Å². The summed E-state index contributed by atoms with van der Waals surface area (Å²) in [5.74, 6) is -0.0451. The minimum Gasteiger partial charge on any atom is -0.425 e. The van der Waals surface area contributed by atoms with E-state index in [4.69, 9.17) is 16.3 Å². The summed E-state index contributed by atoms with van der Waals surface area (Å²) in [6, 6.07) is 6.98. The van der Waals surface area contributed by atoms with E-state index in [2.05, 4.69) is 27.4 Å². The first-order chi connectivity index (χ1) is 11.5. The molecule has 1 aliphatic rings. The number of carbonyl (C=O) groups excluding carboxylic acids is 2. The van der Waals surface area contributed by atoms with Crippen LogP contribution in [0.3, 0.4) is 0 Å². The summed E-state index contributed by atoms with van der Waals surface area (Å²) < 4.78 is 5.88.